The summed E-state index contributed by atoms with van der Waals surface area (Å²) >= 11 is 7.72. The van der Waals surface area contributed by atoms with Gasteiger partial charge in [0.2, 0.25) is 0 Å². The molecule has 1 aromatic carbocycles. The Labute approximate surface area is 104 Å². The third-order valence-corrected chi connectivity index (χ3v) is 3.60. The van der Waals surface area contributed by atoms with Crippen molar-refractivity contribution in [1.29, 1.82) is 0 Å². The lowest BCUT2D eigenvalue weighted by molar-refractivity contribution is 0.179. The molecule has 0 saturated carbocycles. The Kier molecular flexibility index (Phi) is 3.64. The molecule has 16 heavy (non-hydrogen) atoms. The Balaban J connectivity index is 2.15. The highest BCUT2D eigenvalue weighted by molar-refractivity contribution is 7.07. The van der Waals surface area contributed by atoms with Gasteiger partial charge in [-0.3, -0.25) is 0 Å². The zero-order chi connectivity index (χ0) is 11.5. The van der Waals surface area contributed by atoms with Gasteiger partial charge in [0.1, 0.15) is 0 Å². The van der Waals surface area contributed by atoms with E-state index in [1.54, 1.807) is 11.3 Å². The number of hydrogen-bond acceptors (Lipinski definition) is 2. The molecule has 0 radical (unpaired) electrons. The number of aliphatic hydroxyl groups excluding tert-OH is 1. The zero-order valence-corrected chi connectivity index (χ0v) is 10.6. The van der Waals surface area contributed by atoms with E-state index in [1.165, 1.54) is 0 Å². The van der Waals surface area contributed by atoms with Crippen molar-refractivity contribution in [3.8, 4) is 0 Å². The summed E-state index contributed by atoms with van der Waals surface area (Å²) in [6, 6.07) is 7.86. The van der Waals surface area contributed by atoms with Crippen molar-refractivity contribution >= 4 is 22.9 Å². The van der Waals surface area contributed by atoms with Crippen molar-refractivity contribution < 1.29 is 5.11 Å². The van der Waals surface area contributed by atoms with Gasteiger partial charge >= 0.3 is 0 Å². The first kappa shape index (κ1) is 11.6. The SMILES string of the molecule is Cc1ccc(CC(O)c2ccsc2)c(Cl)c1. The number of thiophene rings is 1. The average molecular weight is 253 g/mol. The maximum Gasteiger partial charge on any atom is 0.0838 e. The van der Waals surface area contributed by atoms with Crippen LogP contribution in [-0.4, -0.2) is 5.11 Å². The van der Waals surface area contributed by atoms with E-state index in [-0.39, 0.29) is 0 Å². The summed E-state index contributed by atoms with van der Waals surface area (Å²) < 4.78 is 0. The largest absolute Gasteiger partial charge is 0.388 e. The molecule has 1 nitrogen and oxygen atoms in total. The maximum atomic E-state index is 10.0. The van der Waals surface area contributed by atoms with Crippen LogP contribution in [0.5, 0.6) is 0 Å². The summed E-state index contributed by atoms with van der Waals surface area (Å²) in [4.78, 5) is 0. The van der Waals surface area contributed by atoms with Gasteiger partial charge in [-0.1, -0.05) is 23.7 Å². The quantitative estimate of drug-likeness (QED) is 0.876. The number of rotatable bonds is 3. The fourth-order valence-corrected chi connectivity index (χ4v) is 2.63. The van der Waals surface area contributed by atoms with E-state index in [2.05, 4.69) is 0 Å². The van der Waals surface area contributed by atoms with Crippen LogP contribution in [0.2, 0.25) is 5.02 Å². The molecule has 0 bridgehead atoms. The molecule has 1 unspecified atom stereocenters. The highest BCUT2D eigenvalue weighted by Crippen LogP contribution is 2.25. The fourth-order valence-electron chi connectivity index (χ4n) is 1.61. The van der Waals surface area contributed by atoms with Gasteiger partial charge in [0.15, 0.2) is 0 Å². The lowest BCUT2D eigenvalue weighted by Crippen LogP contribution is -2.01. The van der Waals surface area contributed by atoms with Crippen LogP contribution in [0.1, 0.15) is 22.8 Å². The van der Waals surface area contributed by atoms with Gasteiger partial charge in [0, 0.05) is 11.4 Å². The minimum Gasteiger partial charge on any atom is -0.388 e. The van der Waals surface area contributed by atoms with E-state index in [0.29, 0.717) is 6.42 Å². The normalized spacial score (nSPS) is 12.7. The molecule has 84 valence electrons. The van der Waals surface area contributed by atoms with Crippen LogP contribution < -0.4 is 0 Å². The first-order chi connectivity index (χ1) is 7.66. The molecule has 1 atom stereocenters. The van der Waals surface area contributed by atoms with E-state index in [1.807, 2.05) is 41.9 Å². The topological polar surface area (TPSA) is 20.2 Å². The first-order valence-electron chi connectivity index (χ1n) is 5.12. The minimum absolute atomic E-state index is 0.466. The second kappa shape index (κ2) is 5.00. The third kappa shape index (κ3) is 2.64. The molecule has 2 aromatic rings. The molecular formula is C13H13ClOS. The van der Waals surface area contributed by atoms with Crippen molar-refractivity contribution in [2.75, 3.05) is 0 Å². The van der Waals surface area contributed by atoms with Gasteiger partial charge in [-0.2, -0.15) is 11.3 Å². The zero-order valence-electron chi connectivity index (χ0n) is 8.98. The molecule has 1 heterocycles. The van der Waals surface area contributed by atoms with Crippen LogP contribution in [0.4, 0.5) is 0 Å². The lowest BCUT2D eigenvalue weighted by Gasteiger charge is -2.10. The Morgan fingerprint density at radius 1 is 1.38 bits per heavy atom. The van der Waals surface area contributed by atoms with Crippen molar-refractivity contribution in [3.63, 3.8) is 0 Å². The third-order valence-electron chi connectivity index (χ3n) is 2.55. The molecule has 0 aliphatic heterocycles. The van der Waals surface area contributed by atoms with Crippen LogP contribution in [-0.2, 0) is 6.42 Å². The predicted molar refractivity (Wildman–Crippen MR) is 69.2 cm³/mol. The summed E-state index contributed by atoms with van der Waals surface area (Å²) in [5, 5.41) is 14.7. The van der Waals surface area contributed by atoms with Crippen LogP contribution in [0.3, 0.4) is 0 Å². The second-order valence-corrected chi connectivity index (χ2v) is 5.06. The van der Waals surface area contributed by atoms with E-state index in [0.717, 1.165) is 21.7 Å². The summed E-state index contributed by atoms with van der Waals surface area (Å²) in [6.45, 7) is 2.00. The maximum absolute atomic E-state index is 10.0. The van der Waals surface area contributed by atoms with Gasteiger partial charge in [-0.25, -0.2) is 0 Å². The molecule has 3 heteroatoms. The van der Waals surface area contributed by atoms with Crippen molar-refractivity contribution in [3.05, 3.63) is 56.7 Å². The summed E-state index contributed by atoms with van der Waals surface area (Å²) in [7, 11) is 0. The van der Waals surface area contributed by atoms with Crippen LogP contribution in [0, 0.1) is 6.92 Å². The minimum atomic E-state index is -0.466. The summed E-state index contributed by atoms with van der Waals surface area (Å²) in [5.41, 5.74) is 3.09. The molecule has 1 aromatic heterocycles. The average Bonchev–Trinajstić information content (AvgIpc) is 2.75. The predicted octanol–water partition coefficient (Wildman–Crippen LogP) is 3.99. The fraction of sp³-hybridized carbons (Fsp3) is 0.231. The Morgan fingerprint density at radius 2 is 2.19 bits per heavy atom. The van der Waals surface area contributed by atoms with Gasteiger partial charge in [-0.05, 0) is 46.5 Å². The second-order valence-electron chi connectivity index (χ2n) is 3.87. The van der Waals surface area contributed by atoms with E-state index >= 15 is 0 Å². The van der Waals surface area contributed by atoms with Crippen LogP contribution in [0.25, 0.3) is 0 Å². The Bertz CT molecular complexity index is 465. The van der Waals surface area contributed by atoms with Gasteiger partial charge in [0.05, 0.1) is 6.10 Å². The number of aryl methyl sites for hydroxylation is 1. The number of aliphatic hydroxyl groups is 1. The molecule has 0 saturated heterocycles. The molecule has 1 N–H and O–H groups in total. The monoisotopic (exact) mass is 252 g/mol. The van der Waals surface area contributed by atoms with Gasteiger partial charge in [-0.15, -0.1) is 0 Å². The standard InChI is InChI=1S/C13H13ClOS/c1-9-2-3-10(12(14)6-9)7-13(15)11-4-5-16-8-11/h2-6,8,13,15H,7H2,1H3. The van der Waals surface area contributed by atoms with Crippen LogP contribution >= 0.6 is 22.9 Å². The van der Waals surface area contributed by atoms with Gasteiger partial charge in [0.25, 0.3) is 0 Å². The summed E-state index contributed by atoms with van der Waals surface area (Å²) in [6.07, 6.45) is 0.0991. The molecular weight excluding hydrogens is 240 g/mol. The molecule has 0 fully saturated rings. The first-order valence-corrected chi connectivity index (χ1v) is 6.44. The van der Waals surface area contributed by atoms with Gasteiger partial charge < -0.3 is 5.11 Å². The molecule has 0 spiro atoms. The Hall–Kier alpha value is -0.830. The highest BCUT2D eigenvalue weighted by atomic mass is 35.5. The van der Waals surface area contributed by atoms with E-state index in [4.69, 9.17) is 11.6 Å². The highest BCUT2D eigenvalue weighted by Gasteiger charge is 2.11. The molecule has 0 amide bonds. The lowest BCUT2D eigenvalue weighted by atomic mass is 10.0. The van der Waals surface area contributed by atoms with E-state index < -0.39 is 6.10 Å². The molecule has 0 aliphatic carbocycles. The summed E-state index contributed by atoms with van der Waals surface area (Å²) in [5.74, 6) is 0. The van der Waals surface area contributed by atoms with Crippen molar-refractivity contribution in [1.82, 2.24) is 0 Å². The molecule has 0 aliphatic rings. The van der Waals surface area contributed by atoms with Crippen molar-refractivity contribution in [2.24, 2.45) is 0 Å². The Morgan fingerprint density at radius 3 is 2.81 bits per heavy atom. The van der Waals surface area contributed by atoms with Crippen LogP contribution in [0.15, 0.2) is 35.0 Å². The number of benzene rings is 1. The number of halogens is 1. The van der Waals surface area contributed by atoms with Crippen molar-refractivity contribution in [2.45, 2.75) is 19.4 Å². The smallest absolute Gasteiger partial charge is 0.0838 e. The van der Waals surface area contributed by atoms with E-state index in [9.17, 15) is 5.11 Å². The number of hydrogen-bond donors (Lipinski definition) is 1. The molecule has 2 rings (SSSR count).